The number of aromatic amines is 1. The molecule has 2 heterocycles. The van der Waals surface area contributed by atoms with Gasteiger partial charge in [0, 0.05) is 29.1 Å². The van der Waals surface area contributed by atoms with Crippen molar-refractivity contribution in [1.82, 2.24) is 4.98 Å². The zero-order chi connectivity index (χ0) is 14.1. The number of hydrogen-bond acceptors (Lipinski definition) is 3. The van der Waals surface area contributed by atoms with E-state index in [-0.39, 0.29) is 11.1 Å². The van der Waals surface area contributed by atoms with E-state index in [4.69, 9.17) is 0 Å². The Morgan fingerprint density at radius 2 is 2.15 bits per heavy atom. The van der Waals surface area contributed by atoms with Crippen molar-refractivity contribution in [2.45, 2.75) is 19.8 Å². The number of aromatic nitrogens is 1. The summed E-state index contributed by atoms with van der Waals surface area (Å²) in [5.74, 6) is 0. The molecular formula is C16H15N3O. The van der Waals surface area contributed by atoms with Crippen molar-refractivity contribution in [3.05, 3.63) is 51.4 Å². The molecule has 20 heavy (non-hydrogen) atoms. The zero-order valence-electron chi connectivity index (χ0n) is 11.3. The first kappa shape index (κ1) is 12.5. The van der Waals surface area contributed by atoms with Gasteiger partial charge >= 0.3 is 0 Å². The van der Waals surface area contributed by atoms with Crippen LogP contribution < -0.4 is 10.9 Å². The van der Waals surface area contributed by atoms with Crippen LogP contribution in [0.2, 0.25) is 0 Å². The Balaban J connectivity index is 2.30. The number of nitriles is 1. The smallest absolute Gasteiger partial charge is 0.266 e. The summed E-state index contributed by atoms with van der Waals surface area (Å²) >= 11 is 0. The van der Waals surface area contributed by atoms with Crippen LogP contribution in [0.3, 0.4) is 0 Å². The molecule has 3 rings (SSSR count). The van der Waals surface area contributed by atoms with Crippen molar-refractivity contribution in [2.75, 3.05) is 11.9 Å². The average Bonchev–Trinajstić information content (AvgIpc) is 2.46. The number of pyridine rings is 1. The fourth-order valence-corrected chi connectivity index (χ4v) is 2.75. The lowest BCUT2D eigenvalue weighted by atomic mass is 9.93. The van der Waals surface area contributed by atoms with E-state index >= 15 is 0 Å². The second kappa shape index (κ2) is 4.86. The highest BCUT2D eigenvalue weighted by Gasteiger charge is 2.17. The number of aryl methyl sites for hydroxylation is 2. The van der Waals surface area contributed by atoms with Gasteiger partial charge in [-0.05, 0) is 31.4 Å². The number of benzene rings is 1. The number of nitrogens with zero attached hydrogens (tertiary/aromatic N) is 1. The summed E-state index contributed by atoms with van der Waals surface area (Å²) in [7, 11) is 0. The molecule has 0 bridgehead atoms. The molecule has 0 fully saturated rings. The van der Waals surface area contributed by atoms with Gasteiger partial charge in [0.15, 0.2) is 0 Å². The average molecular weight is 265 g/mol. The highest BCUT2D eigenvalue weighted by atomic mass is 16.1. The van der Waals surface area contributed by atoms with E-state index in [0.717, 1.165) is 36.3 Å². The number of H-pyrrole nitrogens is 1. The van der Waals surface area contributed by atoms with Gasteiger partial charge < -0.3 is 10.3 Å². The number of nitrogens with one attached hydrogen (secondary N) is 2. The maximum Gasteiger partial charge on any atom is 0.266 e. The molecule has 2 aromatic rings. The minimum atomic E-state index is -0.323. The predicted octanol–water partition coefficient (Wildman–Crippen LogP) is 2.58. The minimum Gasteiger partial charge on any atom is -0.384 e. The summed E-state index contributed by atoms with van der Waals surface area (Å²) in [4.78, 5) is 14.6. The quantitative estimate of drug-likeness (QED) is 0.832. The Labute approximate surface area is 117 Å². The van der Waals surface area contributed by atoms with E-state index in [1.165, 1.54) is 5.56 Å². The molecule has 0 atom stereocenters. The molecule has 1 aromatic heterocycles. The van der Waals surface area contributed by atoms with E-state index in [1.807, 2.05) is 31.2 Å². The predicted molar refractivity (Wildman–Crippen MR) is 78.8 cm³/mol. The highest BCUT2D eigenvalue weighted by Crippen LogP contribution is 2.34. The highest BCUT2D eigenvalue weighted by molar-refractivity contribution is 5.83. The molecule has 0 saturated carbocycles. The maximum atomic E-state index is 11.9. The SMILES string of the molecule is Cc1cc(-c2cccc3c2NCCC3)c(C#N)c(=O)[nH]1. The fraction of sp³-hybridized carbons (Fsp3) is 0.250. The lowest BCUT2D eigenvalue weighted by Gasteiger charge is -2.21. The summed E-state index contributed by atoms with van der Waals surface area (Å²) in [6, 6.07) is 9.94. The molecule has 0 spiro atoms. The Morgan fingerprint density at radius 3 is 2.95 bits per heavy atom. The largest absolute Gasteiger partial charge is 0.384 e. The summed E-state index contributed by atoms with van der Waals surface area (Å²) in [5.41, 5.74) is 4.56. The van der Waals surface area contributed by atoms with E-state index in [0.29, 0.717) is 5.56 Å². The number of rotatable bonds is 1. The molecule has 0 amide bonds. The normalized spacial score (nSPS) is 13.2. The third-order valence-corrected chi connectivity index (χ3v) is 3.65. The number of anilines is 1. The van der Waals surface area contributed by atoms with Gasteiger partial charge in [0.1, 0.15) is 11.6 Å². The number of fused-ring (bicyclic) bond motifs is 1. The van der Waals surface area contributed by atoms with Crippen LogP contribution in [0.1, 0.15) is 23.2 Å². The van der Waals surface area contributed by atoms with Crippen LogP contribution >= 0.6 is 0 Å². The molecule has 1 aromatic carbocycles. The Bertz CT molecular complexity index is 768. The molecule has 0 saturated heterocycles. The molecule has 1 aliphatic rings. The van der Waals surface area contributed by atoms with Gasteiger partial charge in [-0.15, -0.1) is 0 Å². The zero-order valence-corrected chi connectivity index (χ0v) is 11.3. The Morgan fingerprint density at radius 1 is 1.30 bits per heavy atom. The standard InChI is InChI=1S/C16H15N3O/c1-10-8-13(14(9-17)16(20)19-10)12-6-2-4-11-5-3-7-18-15(11)12/h2,4,6,8,18H,3,5,7H2,1H3,(H,19,20). The van der Waals surface area contributed by atoms with Gasteiger partial charge in [0.25, 0.3) is 5.56 Å². The first-order valence-corrected chi connectivity index (χ1v) is 6.71. The molecule has 2 N–H and O–H groups in total. The van der Waals surface area contributed by atoms with E-state index in [1.54, 1.807) is 0 Å². The monoisotopic (exact) mass is 265 g/mol. The second-order valence-electron chi connectivity index (χ2n) is 5.05. The van der Waals surface area contributed by atoms with Crippen molar-refractivity contribution in [1.29, 1.82) is 5.26 Å². The van der Waals surface area contributed by atoms with Gasteiger partial charge in [-0.3, -0.25) is 4.79 Å². The molecule has 1 aliphatic heterocycles. The molecule has 4 nitrogen and oxygen atoms in total. The lowest BCUT2D eigenvalue weighted by molar-refractivity contribution is 0.831. The van der Waals surface area contributed by atoms with Gasteiger partial charge in [0.2, 0.25) is 0 Å². The number of para-hydroxylation sites is 1. The third kappa shape index (κ3) is 1.97. The van der Waals surface area contributed by atoms with Gasteiger partial charge in [0.05, 0.1) is 0 Å². The first-order chi connectivity index (χ1) is 9.70. The van der Waals surface area contributed by atoms with Crippen molar-refractivity contribution >= 4 is 5.69 Å². The minimum absolute atomic E-state index is 0.177. The maximum absolute atomic E-state index is 11.9. The van der Waals surface area contributed by atoms with Crippen LogP contribution in [-0.4, -0.2) is 11.5 Å². The molecule has 0 aliphatic carbocycles. The van der Waals surface area contributed by atoms with Crippen LogP contribution in [0.5, 0.6) is 0 Å². The third-order valence-electron chi connectivity index (χ3n) is 3.65. The Kier molecular flexibility index (Phi) is 3.03. The molecule has 0 unspecified atom stereocenters. The summed E-state index contributed by atoms with van der Waals surface area (Å²) < 4.78 is 0. The van der Waals surface area contributed by atoms with Gasteiger partial charge in [-0.25, -0.2) is 0 Å². The van der Waals surface area contributed by atoms with Crippen LogP contribution in [0, 0.1) is 18.3 Å². The number of hydrogen-bond donors (Lipinski definition) is 2. The summed E-state index contributed by atoms with van der Waals surface area (Å²) in [6.45, 7) is 2.75. The van der Waals surface area contributed by atoms with E-state index < -0.39 is 0 Å². The van der Waals surface area contributed by atoms with Crippen LogP contribution in [0.15, 0.2) is 29.1 Å². The topological polar surface area (TPSA) is 68.7 Å². The Hall–Kier alpha value is -2.54. The second-order valence-corrected chi connectivity index (χ2v) is 5.05. The van der Waals surface area contributed by atoms with Crippen molar-refractivity contribution in [3.8, 4) is 17.2 Å². The summed E-state index contributed by atoms with van der Waals surface area (Å²) in [6.07, 6.45) is 2.14. The molecular weight excluding hydrogens is 250 g/mol. The first-order valence-electron chi connectivity index (χ1n) is 6.71. The van der Waals surface area contributed by atoms with Crippen molar-refractivity contribution < 1.29 is 0 Å². The van der Waals surface area contributed by atoms with Crippen molar-refractivity contribution in [2.24, 2.45) is 0 Å². The van der Waals surface area contributed by atoms with Crippen LogP contribution in [0.25, 0.3) is 11.1 Å². The van der Waals surface area contributed by atoms with Crippen molar-refractivity contribution in [3.63, 3.8) is 0 Å². The summed E-state index contributed by atoms with van der Waals surface area (Å²) in [5, 5.41) is 12.7. The molecule has 4 heteroatoms. The molecule has 0 radical (unpaired) electrons. The van der Waals surface area contributed by atoms with E-state index in [9.17, 15) is 10.1 Å². The van der Waals surface area contributed by atoms with Gasteiger partial charge in [-0.1, -0.05) is 18.2 Å². The molecule has 100 valence electrons. The fourth-order valence-electron chi connectivity index (χ4n) is 2.75. The van der Waals surface area contributed by atoms with Crippen LogP contribution in [0.4, 0.5) is 5.69 Å². The van der Waals surface area contributed by atoms with E-state index in [2.05, 4.69) is 16.4 Å². The lowest BCUT2D eigenvalue weighted by Crippen LogP contribution is -2.15. The van der Waals surface area contributed by atoms with Crippen LogP contribution in [-0.2, 0) is 6.42 Å². The van der Waals surface area contributed by atoms with Gasteiger partial charge in [-0.2, -0.15) is 5.26 Å².